The SMILES string of the molecule is Cc1c(C)n(CCCO)c2ncnc(NCc3ccccc3)c12. The van der Waals surface area contributed by atoms with Crippen LogP contribution in [0.15, 0.2) is 36.7 Å². The molecule has 0 radical (unpaired) electrons. The topological polar surface area (TPSA) is 63.0 Å². The quantitative estimate of drug-likeness (QED) is 0.734. The minimum atomic E-state index is 0.183. The van der Waals surface area contributed by atoms with E-state index >= 15 is 0 Å². The normalized spacial score (nSPS) is 11.1. The summed E-state index contributed by atoms with van der Waals surface area (Å²) in [6, 6.07) is 10.3. The molecular weight excluding hydrogens is 288 g/mol. The third-order valence-electron chi connectivity index (χ3n) is 4.25. The van der Waals surface area contributed by atoms with Crippen LogP contribution in [0, 0.1) is 13.8 Å². The molecule has 120 valence electrons. The van der Waals surface area contributed by atoms with Crippen molar-refractivity contribution in [2.75, 3.05) is 11.9 Å². The monoisotopic (exact) mass is 310 g/mol. The van der Waals surface area contributed by atoms with Crippen molar-refractivity contribution in [3.63, 3.8) is 0 Å². The molecule has 0 aliphatic heterocycles. The Morgan fingerprint density at radius 1 is 1.13 bits per heavy atom. The van der Waals surface area contributed by atoms with E-state index < -0.39 is 0 Å². The molecule has 0 saturated carbocycles. The summed E-state index contributed by atoms with van der Waals surface area (Å²) >= 11 is 0. The van der Waals surface area contributed by atoms with Gasteiger partial charge in [0.25, 0.3) is 0 Å². The van der Waals surface area contributed by atoms with Gasteiger partial charge >= 0.3 is 0 Å². The molecule has 0 aliphatic rings. The first-order valence-corrected chi connectivity index (χ1v) is 7.91. The zero-order valence-corrected chi connectivity index (χ0v) is 13.6. The van der Waals surface area contributed by atoms with Crippen LogP contribution in [0.2, 0.25) is 0 Å². The molecule has 23 heavy (non-hydrogen) atoms. The zero-order valence-electron chi connectivity index (χ0n) is 13.6. The molecule has 2 aromatic heterocycles. The van der Waals surface area contributed by atoms with Crippen molar-refractivity contribution in [1.82, 2.24) is 14.5 Å². The Bertz CT molecular complexity index is 796. The number of benzene rings is 1. The first-order valence-electron chi connectivity index (χ1n) is 7.91. The number of aryl methyl sites for hydroxylation is 2. The summed E-state index contributed by atoms with van der Waals surface area (Å²) in [7, 11) is 0. The lowest BCUT2D eigenvalue weighted by Gasteiger charge is -2.08. The van der Waals surface area contributed by atoms with Gasteiger partial charge in [-0.2, -0.15) is 0 Å². The van der Waals surface area contributed by atoms with Crippen LogP contribution in [0.5, 0.6) is 0 Å². The van der Waals surface area contributed by atoms with E-state index in [1.54, 1.807) is 6.33 Å². The molecule has 0 fully saturated rings. The Morgan fingerprint density at radius 3 is 2.65 bits per heavy atom. The minimum absolute atomic E-state index is 0.183. The van der Waals surface area contributed by atoms with E-state index in [4.69, 9.17) is 5.11 Å². The van der Waals surface area contributed by atoms with Gasteiger partial charge in [-0.1, -0.05) is 30.3 Å². The van der Waals surface area contributed by atoms with E-state index in [0.29, 0.717) is 0 Å². The zero-order chi connectivity index (χ0) is 16.2. The van der Waals surface area contributed by atoms with E-state index in [1.807, 2.05) is 18.2 Å². The highest BCUT2D eigenvalue weighted by atomic mass is 16.3. The lowest BCUT2D eigenvalue weighted by atomic mass is 10.2. The fraction of sp³-hybridized carbons (Fsp3) is 0.333. The summed E-state index contributed by atoms with van der Waals surface area (Å²) in [5.41, 5.74) is 4.51. The van der Waals surface area contributed by atoms with Crippen LogP contribution in [0.1, 0.15) is 23.2 Å². The molecule has 0 bridgehead atoms. The maximum Gasteiger partial charge on any atom is 0.145 e. The summed E-state index contributed by atoms with van der Waals surface area (Å²) in [6.07, 6.45) is 2.32. The summed E-state index contributed by atoms with van der Waals surface area (Å²) < 4.78 is 2.16. The van der Waals surface area contributed by atoms with Crippen molar-refractivity contribution >= 4 is 16.9 Å². The van der Waals surface area contributed by atoms with Crippen LogP contribution in [0.25, 0.3) is 11.0 Å². The molecule has 0 amide bonds. The summed E-state index contributed by atoms with van der Waals surface area (Å²) in [4.78, 5) is 8.89. The number of hydrogen-bond acceptors (Lipinski definition) is 4. The third-order valence-corrected chi connectivity index (χ3v) is 4.25. The average Bonchev–Trinajstić information content (AvgIpc) is 2.84. The Balaban J connectivity index is 1.95. The number of hydrogen-bond donors (Lipinski definition) is 2. The molecule has 2 heterocycles. The Hall–Kier alpha value is -2.40. The van der Waals surface area contributed by atoms with Crippen LogP contribution in [0.3, 0.4) is 0 Å². The summed E-state index contributed by atoms with van der Waals surface area (Å²) in [5.74, 6) is 0.863. The average molecular weight is 310 g/mol. The van der Waals surface area contributed by atoms with Crippen LogP contribution in [0.4, 0.5) is 5.82 Å². The molecule has 0 saturated heterocycles. The highest BCUT2D eigenvalue weighted by molar-refractivity contribution is 5.91. The number of rotatable bonds is 6. The Kier molecular flexibility index (Phi) is 4.57. The molecule has 0 unspecified atom stereocenters. The van der Waals surface area contributed by atoms with Crippen molar-refractivity contribution in [3.05, 3.63) is 53.5 Å². The van der Waals surface area contributed by atoms with Gasteiger partial charge in [0.05, 0.1) is 5.39 Å². The van der Waals surface area contributed by atoms with Gasteiger partial charge in [-0.15, -0.1) is 0 Å². The minimum Gasteiger partial charge on any atom is -0.396 e. The Morgan fingerprint density at radius 2 is 1.91 bits per heavy atom. The van der Waals surface area contributed by atoms with Gasteiger partial charge in [0.15, 0.2) is 0 Å². The van der Waals surface area contributed by atoms with E-state index in [-0.39, 0.29) is 6.61 Å². The van der Waals surface area contributed by atoms with E-state index in [2.05, 4.69) is 45.8 Å². The first kappa shape index (κ1) is 15.5. The number of nitrogens with one attached hydrogen (secondary N) is 1. The molecule has 3 rings (SSSR count). The maximum atomic E-state index is 9.10. The second-order valence-corrected chi connectivity index (χ2v) is 5.70. The molecule has 5 nitrogen and oxygen atoms in total. The van der Waals surface area contributed by atoms with E-state index in [1.165, 1.54) is 16.8 Å². The molecular formula is C18H22N4O. The number of anilines is 1. The van der Waals surface area contributed by atoms with Gasteiger partial charge in [-0.3, -0.25) is 0 Å². The molecule has 0 atom stereocenters. The fourth-order valence-corrected chi connectivity index (χ4v) is 2.89. The third kappa shape index (κ3) is 3.05. The molecule has 5 heteroatoms. The maximum absolute atomic E-state index is 9.10. The van der Waals surface area contributed by atoms with E-state index in [9.17, 15) is 0 Å². The number of nitrogens with zero attached hydrogens (tertiary/aromatic N) is 3. The molecule has 3 aromatic rings. The van der Waals surface area contributed by atoms with Crippen molar-refractivity contribution < 1.29 is 5.11 Å². The number of aliphatic hydroxyl groups is 1. The predicted octanol–water partition coefficient (Wildman–Crippen LogP) is 3.04. The van der Waals surface area contributed by atoms with Gasteiger partial charge in [0, 0.05) is 25.4 Å². The summed E-state index contributed by atoms with van der Waals surface area (Å²) in [6.45, 7) is 5.87. The van der Waals surface area contributed by atoms with Crippen LogP contribution in [-0.2, 0) is 13.1 Å². The largest absolute Gasteiger partial charge is 0.396 e. The van der Waals surface area contributed by atoms with Crippen LogP contribution in [-0.4, -0.2) is 26.2 Å². The molecule has 2 N–H and O–H groups in total. The number of fused-ring (bicyclic) bond motifs is 1. The van der Waals surface area contributed by atoms with Crippen LogP contribution < -0.4 is 5.32 Å². The second kappa shape index (κ2) is 6.79. The van der Waals surface area contributed by atoms with Crippen molar-refractivity contribution in [2.45, 2.75) is 33.4 Å². The number of aliphatic hydroxyl groups excluding tert-OH is 1. The van der Waals surface area contributed by atoms with E-state index in [0.717, 1.165) is 36.4 Å². The van der Waals surface area contributed by atoms with Gasteiger partial charge in [0.1, 0.15) is 17.8 Å². The van der Waals surface area contributed by atoms with Gasteiger partial charge in [0.2, 0.25) is 0 Å². The Labute approximate surface area is 136 Å². The highest BCUT2D eigenvalue weighted by Gasteiger charge is 2.15. The van der Waals surface area contributed by atoms with Crippen molar-refractivity contribution in [3.8, 4) is 0 Å². The van der Waals surface area contributed by atoms with Crippen molar-refractivity contribution in [1.29, 1.82) is 0 Å². The number of aromatic nitrogens is 3. The first-order chi connectivity index (χ1) is 11.2. The van der Waals surface area contributed by atoms with Gasteiger partial charge in [-0.25, -0.2) is 9.97 Å². The van der Waals surface area contributed by atoms with Crippen molar-refractivity contribution in [2.24, 2.45) is 0 Å². The molecule has 0 aliphatic carbocycles. The van der Waals surface area contributed by atoms with Gasteiger partial charge < -0.3 is 15.0 Å². The lowest BCUT2D eigenvalue weighted by Crippen LogP contribution is -2.05. The van der Waals surface area contributed by atoms with Gasteiger partial charge in [-0.05, 0) is 31.4 Å². The second-order valence-electron chi connectivity index (χ2n) is 5.70. The van der Waals surface area contributed by atoms with Crippen LogP contribution >= 0.6 is 0 Å². The fourth-order valence-electron chi connectivity index (χ4n) is 2.89. The molecule has 1 aromatic carbocycles. The molecule has 0 spiro atoms. The predicted molar refractivity (Wildman–Crippen MR) is 92.5 cm³/mol. The standard InChI is InChI=1S/C18H22N4O/c1-13-14(2)22(9-6-10-23)18-16(13)17(20-12-21-18)19-11-15-7-4-3-5-8-15/h3-5,7-8,12,23H,6,9-11H2,1-2H3,(H,19,20,21). The highest BCUT2D eigenvalue weighted by Crippen LogP contribution is 2.29. The lowest BCUT2D eigenvalue weighted by molar-refractivity contribution is 0.280. The smallest absolute Gasteiger partial charge is 0.145 e. The summed E-state index contributed by atoms with van der Waals surface area (Å²) in [5, 5.41) is 13.6.